The minimum absolute atomic E-state index is 0.448. The van der Waals surface area contributed by atoms with Gasteiger partial charge in [0.15, 0.2) is 0 Å². The molecule has 0 aliphatic carbocycles. The zero-order valence-corrected chi connectivity index (χ0v) is 11.5. The van der Waals surface area contributed by atoms with Crippen molar-refractivity contribution in [1.29, 1.82) is 0 Å². The van der Waals surface area contributed by atoms with E-state index in [1.54, 1.807) is 14.2 Å². The first-order chi connectivity index (χ1) is 9.17. The second kappa shape index (κ2) is 5.75. The van der Waals surface area contributed by atoms with Crippen LogP contribution < -0.4 is 15.2 Å². The lowest BCUT2D eigenvalue weighted by Gasteiger charge is -2.10. The van der Waals surface area contributed by atoms with E-state index >= 15 is 0 Å². The van der Waals surface area contributed by atoms with E-state index in [4.69, 9.17) is 15.2 Å². The number of hydrogen-bond donors (Lipinski definition) is 1. The Hall–Kier alpha value is -2.01. The van der Waals surface area contributed by atoms with E-state index in [0.29, 0.717) is 13.0 Å². The molecule has 2 aromatic rings. The molecule has 0 fully saturated rings. The summed E-state index contributed by atoms with van der Waals surface area (Å²) >= 11 is 0. The van der Waals surface area contributed by atoms with Gasteiger partial charge in [-0.05, 0) is 18.2 Å². The lowest BCUT2D eigenvalue weighted by Crippen LogP contribution is -2.01. The molecule has 5 heteroatoms. The Morgan fingerprint density at radius 1 is 1.26 bits per heavy atom. The van der Waals surface area contributed by atoms with Gasteiger partial charge in [0, 0.05) is 31.8 Å². The molecule has 5 nitrogen and oxygen atoms in total. The molecule has 102 valence electrons. The Bertz CT molecular complexity index is 564. The molecular formula is C14H19N3O2. The Morgan fingerprint density at radius 3 is 2.63 bits per heavy atom. The highest BCUT2D eigenvalue weighted by atomic mass is 16.5. The number of aryl methyl sites for hydroxylation is 1. The van der Waals surface area contributed by atoms with Crippen LogP contribution in [0.5, 0.6) is 11.5 Å². The van der Waals surface area contributed by atoms with Crippen molar-refractivity contribution >= 4 is 0 Å². The van der Waals surface area contributed by atoms with Crippen LogP contribution in [-0.4, -0.2) is 23.8 Å². The predicted octanol–water partition coefficient (Wildman–Crippen LogP) is 1.49. The lowest BCUT2D eigenvalue weighted by molar-refractivity contribution is 0.399. The van der Waals surface area contributed by atoms with Gasteiger partial charge in [0.1, 0.15) is 17.3 Å². The molecule has 0 saturated heterocycles. The van der Waals surface area contributed by atoms with Crippen LogP contribution in [0.2, 0.25) is 0 Å². The molecule has 1 heterocycles. The van der Waals surface area contributed by atoms with Crippen molar-refractivity contribution in [3.05, 3.63) is 41.5 Å². The number of nitrogens with two attached hydrogens (primary N) is 1. The van der Waals surface area contributed by atoms with Crippen LogP contribution in [0.4, 0.5) is 0 Å². The molecule has 0 atom stereocenters. The van der Waals surface area contributed by atoms with Crippen LogP contribution in [0.1, 0.15) is 17.1 Å². The topological polar surface area (TPSA) is 62.3 Å². The van der Waals surface area contributed by atoms with Gasteiger partial charge in [-0.15, -0.1) is 0 Å². The quantitative estimate of drug-likeness (QED) is 0.885. The average Bonchev–Trinajstić information content (AvgIpc) is 2.79. The molecule has 0 aliphatic rings. The fourth-order valence-electron chi connectivity index (χ4n) is 2.02. The average molecular weight is 261 g/mol. The summed E-state index contributed by atoms with van der Waals surface area (Å²) in [5, 5.41) is 0. The summed E-state index contributed by atoms with van der Waals surface area (Å²) in [5.41, 5.74) is 7.54. The van der Waals surface area contributed by atoms with E-state index in [1.165, 1.54) is 0 Å². The largest absolute Gasteiger partial charge is 0.497 e. The second-order valence-electron chi connectivity index (χ2n) is 4.32. The molecule has 0 spiro atoms. The van der Waals surface area contributed by atoms with Crippen molar-refractivity contribution in [3.63, 3.8) is 0 Å². The molecule has 1 aromatic heterocycles. The second-order valence-corrected chi connectivity index (χ2v) is 4.32. The van der Waals surface area contributed by atoms with E-state index < -0.39 is 0 Å². The summed E-state index contributed by atoms with van der Waals surface area (Å²) in [4.78, 5) is 4.50. The van der Waals surface area contributed by atoms with Gasteiger partial charge in [-0.2, -0.15) is 0 Å². The van der Waals surface area contributed by atoms with Gasteiger partial charge >= 0.3 is 0 Å². The first-order valence-electron chi connectivity index (χ1n) is 6.10. The third-order valence-corrected chi connectivity index (χ3v) is 3.07. The maximum Gasteiger partial charge on any atom is 0.122 e. The number of aromatic nitrogens is 2. The van der Waals surface area contributed by atoms with E-state index in [0.717, 1.165) is 28.6 Å². The monoisotopic (exact) mass is 261 g/mol. The first kappa shape index (κ1) is 13.4. The van der Waals surface area contributed by atoms with Crippen molar-refractivity contribution < 1.29 is 9.47 Å². The molecule has 0 aliphatic heterocycles. The van der Waals surface area contributed by atoms with Crippen LogP contribution in [0.15, 0.2) is 24.4 Å². The molecule has 0 bridgehead atoms. The highest BCUT2D eigenvalue weighted by Crippen LogP contribution is 2.26. The number of hydrogen-bond acceptors (Lipinski definition) is 4. The van der Waals surface area contributed by atoms with Crippen LogP contribution in [0.3, 0.4) is 0 Å². The van der Waals surface area contributed by atoms with Crippen LogP contribution in [0.25, 0.3) is 0 Å². The summed E-state index contributed by atoms with van der Waals surface area (Å²) in [7, 11) is 5.28. The van der Waals surface area contributed by atoms with E-state index in [9.17, 15) is 0 Å². The van der Waals surface area contributed by atoms with Crippen molar-refractivity contribution in [3.8, 4) is 11.5 Å². The minimum atomic E-state index is 0.448. The van der Waals surface area contributed by atoms with Crippen molar-refractivity contribution in [2.45, 2.75) is 13.0 Å². The molecule has 19 heavy (non-hydrogen) atoms. The normalized spacial score (nSPS) is 10.5. The fourth-order valence-corrected chi connectivity index (χ4v) is 2.02. The Morgan fingerprint density at radius 2 is 2.05 bits per heavy atom. The van der Waals surface area contributed by atoms with Crippen molar-refractivity contribution in [2.24, 2.45) is 12.8 Å². The summed E-state index contributed by atoms with van der Waals surface area (Å²) in [6, 6.07) is 5.75. The lowest BCUT2D eigenvalue weighted by atomic mass is 10.1. The van der Waals surface area contributed by atoms with E-state index in [-0.39, 0.29) is 0 Å². The number of benzene rings is 1. The third-order valence-electron chi connectivity index (χ3n) is 3.07. The number of ether oxygens (including phenoxy) is 2. The van der Waals surface area contributed by atoms with Gasteiger partial charge in [0.25, 0.3) is 0 Å². The SMILES string of the molecule is COc1ccc(OC)c(Cc2nc(CN)cn2C)c1. The summed E-state index contributed by atoms with van der Waals surface area (Å²) in [6.45, 7) is 0.448. The smallest absolute Gasteiger partial charge is 0.122 e. The van der Waals surface area contributed by atoms with Gasteiger partial charge in [-0.25, -0.2) is 4.98 Å². The molecule has 0 radical (unpaired) electrons. The van der Waals surface area contributed by atoms with E-state index in [2.05, 4.69) is 4.98 Å². The van der Waals surface area contributed by atoms with Crippen LogP contribution in [-0.2, 0) is 20.0 Å². The minimum Gasteiger partial charge on any atom is -0.497 e. The summed E-state index contributed by atoms with van der Waals surface area (Å²) in [6.07, 6.45) is 2.62. The van der Waals surface area contributed by atoms with Crippen LogP contribution >= 0.6 is 0 Å². The molecule has 0 amide bonds. The Kier molecular flexibility index (Phi) is 4.06. The van der Waals surface area contributed by atoms with E-state index in [1.807, 2.05) is 36.0 Å². The molecule has 2 N–H and O–H groups in total. The summed E-state index contributed by atoms with van der Waals surface area (Å²) < 4.78 is 12.6. The van der Waals surface area contributed by atoms with Gasteiger partial charge in [0.05, 0.1) is 19.9 Å². The first-order valence-corrected chi connectivity index (χ1v) is 6.10. The molecular weight excluding hydrogens is 242 g/mol. The van der Waals surface area contributed by atoms with Crippen molar-refractivity contribution in [1.82, 2.24) is 9.55 Å². The zero-order chi connectivity index (χ0) is 13.8. The third kappa shape index (κ3) is 2.88. The summed E-state index contributed by atoms with van der Waals surface area (Å²) in [5.74, 6) is 2.59. The zero-order valence-electron chi connectivity index (χ0n) is 11.5. The number of nitrogens with zero attached hydrogens (tertiary/aromatic N) is 2. The predicted molar refractivity (Wildman–Crippen MR) is 73.5 cm³/mol. The van der Waals surface area contributed by atoms with Gasteiger partial charge < -0.3 is 19.8 Å². The molecule has 0 saturated carbocycles. The molecule has 2 rings (SSSR count). The number of imidazole rings is 1. The molecule has 1 aromatic carbocycles. The molecule has 0 unspecified atom stereocenters. The highest BCUT2D eigenvalue weighted by Gasteiger charge is 2.10. The van der Waals surface area contributed by atoms with Gasteiger partial charge in [-0.3, -0.25) is 0 Å². The number of methoxy groups -OCH3 is 2. The maximum atomic E-state index is 5.61. The number of rotatable bonds is 5. The standard InChI is InChI=1S/C14H19N3O2/c1-17-9-11(8-15)16-14(17)7-10-6-12(18-2)4-5-13(10)19-3/h4-6,9H,7-8,15H2,1-3H3. The Labute approximate surface area is 113 Å². The van der Waals surface area contributed by atoms with Crippen LogP contribution in [0, 0.1) is 0 Å². The maximum absolute atomic E-state index is 5.61. The van der Waals surface area contributed by atoms with Gasteiger partial charge in [-0.1, -0.05) is 0 Å². The fraction of sp³-hybridized carbons (Fsp3) is 0.357. The van der Waals surface area contributed by atoms with Gasteiger partial charge in [0.2, 0.25) is 0 Å². The highest BCUT2D eigenvalue weighted by molar-refractivity contribution is 5.41. The Balaban J connectivity index is 2.33. The van der Waals surface area contributed by atoms with Crippen molar-refractivity contribution in [2.75, 3.05) is 14.2 Å².